The van der Waals surface area contributed by atoms with Crippen LogP contribution in [0, 0.1) is 19.7 Å². The first-order valence-electron chi connectivity index (χ1n) is 8.08. The number of hydrogen-bond donors (Lipinski definition) is 3. The molecule has 8 heteroatoms. The Labute approximate surface area is 159 Å². The van der Waals surface area contributed by atoms with E-state index in [1.807, 2.05) is 19.1 Å². The molecule has 0 spiro atoms. The molecule has 138 valence electrons. The fourth-order valence-electron chi connectivity index (χ4n) is 2.20. The minimum absolute atomic E-state index is 0.131. The van der Waals surface area contributed by atoms with Crippen LogP contribution in [0.4, 0.5) is 25.7 Å². The van der Waals surface area contributed by atoms with Crippen LogP contribution in [0.3, 0.4) is 0 Å². The van der Waals surface area contributed by atoms with Gasteiger partial charge in [-0.25, -0.2) is 14.2 Å². The third-order valence-corrected chi connectivity index (χ3v) is 4.45. The highest BCUT2D eigenvalue weighted by Gasteiger charge is 2.13. The van der Waals surface area contributed by atoms with Gasteiger partial charge < -0.3 is 10.6 Å². The van der Waals surface area contributed by atoms with Gasteiger partial charge in [-0.15, -0.1) is 11.3 Å². The number of benzene rings is 2. The number of rotatable bonds is 4. The van der Waals surface area contributed by atoms with Gasteiger partial charge in [-0.1, -0.05) is 23.8 Å². The zero-order valence-corrected chi connectivity index (χ0v) is 15.5. The molecule has 3 aromatic rings. The number of urea groups is 1. The molecular weight excluding hydrogens is 367 g/mol. The molecule has 3 amide bonds. The highest BCUT2D eigenvalue weighted by Crippen LogP contribution is 2.19. The normalized spacial score (nSPS) is 10.3. The second-order valence-corrected chi connectivity index (χ2v) is 6.76. The largest absolute Gasteiger partial charge is 0.325 e. The summed E-state index contributed by atoms with van der Waals surface area (Å²) in [6, 6.07) is 11.3. The third-order valence-electron chi connectivity index (χ3n) is 3.70. The summed E-state index contributed by atoms with van der Waals surface area (Å²) in [6.45, 7) is 3.60. The molecule has 27 heavy (non-hydrogen) atoms. The molecule has 0 saturated heterocycles. The highest BCUT2D eigenvalue weighted by atomic mass is 32.1. The van der Waals surface area contributed by atoms with Crippen molar-refractivity contribution in [3.8, 4) is 0 Å². The zero-order chi connectivity index (χ0) is 19.4. The van der Waals surface area contributed by atoms with Crippen LogP contribution in [0.2, 0.25) is 0 Å². The van der Waals surface area contributed by atoms with E-state index in [-0.39, 0.29) is 10.8 Å². The Kier molecular flexibility index (Phi) is 5.46. The average Bonchev–Trinajstić information content (AvgIpc) is 3.08. The molecular formula is C19H17FN4O2S. The molecule has 3 rings (SSSR count). The Morgan fingerprint density at radius 3 is 2.37 bits per heavy atom. The van der Waals surface area contributed by atoms with E-state index in [2.05, 4.69) is 20.9 Å². The van der Waals surface area contributed by atoms with Crippen molar-refractivity contribution in [1.82, 2.24) is 4.98 Å². The van der Waals surface area contributed by atoms with Crippen molar-refractivity contribution >= 4 is 39.8 Å². The zero-order valence-electron chi connectivity index (χ0n) is 14.7. The number of aryl methyl sites for hydroxylation is 2. The monoisotopic (exact) mass is 384 g/mol. The quantitative estimate of drug-likeness (QED) is 0.604. The Morgan fingerprint density at radius 2 is 1.67 bits per heavy atom. The maximum atomic E-state index is 13.6. The molecule has 3 N–H and O–H groups in total. The van der Waals surface area contributed by atoms with Crippen molar-refractivity contribution < 1.29 is 14.0 Å². The van der Waals surface area contributed by atoms with Crippen LogP contribution < -0.4 is 16.0 Å². The van der Waals surface area contributed by atoms with E-state index in [9.17, 15) is 14.0 Å². The Balaban J connectivity index is 1.60. The van der Waals surface area contributed by atoms with Gasteiger partial charge >= 0.3 is 6.03 Å². The molecule has 1 heterocycles. The Hall–Kier alpha value is -3.26. The minimum Gasteiger partial charge on any atom is -0.321 e. The summed E-state index contributed by atoms with van der Waals surface area (Å²) in [5.41, 5.74) is 2.70. The number of carbonyl (C=O) groups excluding carboxylic acids is 2. The summed E-state index contributed by atoms with van der Waals surface area (Å²) in [4.78, 5) is 28.3. The molecule has 0 aliphatic rings. The summed E-state index contributed by atoms with van der Waals surface area (Å²) >= 11 is 1.12. The lowest BCUT2D eigenvalue weighted by Crippen LogP contribution is -2.19. The van der Waals surface area contributed by atoms with Gasteiger partial charge in [0.1, 0.15) is 11.5 Å². The predicted molar refractivity (Wildman–Crippen MR) is 105 cm³/mol. The van der Waals surface area contributed by atoms with Crippen LogP contribution in [-0.2, 0) is 0 Å². The van der Waals surface area contributed by atoms with Gasteiger partial charge in [-0.2, -0.15) is 0 Å². The lowest BCUT2D eigenvalue weighted by atomic mass is 10.2. The summed E-state index contributed by atoms with van der Waals surface area (Å²) < 4.78 is 13.6. The number of carbonyl (C=O) groups is 2. The first-order chi connectivity index (χ1) is 12.9. The van der Waals surface area contributed by atoms with E-state index in [4.69, 9.17) is 0 Å². The van der Waals surface area contributed by atoms with Crippen molar-refractivity contribution in [1.29, 1.82) is 0 Å². The fourth-order valence-corrected chi connectivity index (χ4v) is 2.88. The first kappa shape index (κ1) is 18.5. The van der Waals surface area contributed by atoms with Crippen LogP contribution in [0.5, 0.6) is 0 Å². The van der Waals surface area contributed by atoms with E-state index in [1.54, 1.807) is 31.2 Å². The predicted octanol–water partition coefficient (Wildman–Crippen LogP) is 4.80. The first-order valence-corrected chi connectivity index (χ1v) is 8.96. The molecule has 0 fully saturated rings. The standard InChI is InChI=1S/C19H17FN4O2S/c1-11-3-6-13(7-4-11)22-18(26)24-19-23-16(10-27-19)17(25)21-14-8-5-12(2)15(20)9-14/h3-10H,1-2H3,(H,21,25)(H2,22,23,24,26). The molecule has 0 bridgehead atoms. The van der Waals surface area contributed by atoms with Gasteiger partial charge in [0.25, 0.3) is 5.91 Å². The lowest BCUT2D eigenvalue weighted by Gasteiger charge is -2.06. The number of amides is 3. The molecule has 0 radical (unpaired) electrons. The molecule has 0 atom stereocenters. The van der Waals surface area contributed by atoms with E-state index in [0.29, 0.717) is 16.9 Å². The summed E-state index contributed by atoms with van der Waals surface area (Å²) in [5.74, 6) is -0.886. The molecule has 0 unspecified atom stereocenters. The smallest absolute Gasteiger partial charge is 0.321 e. The molecule has 0 aliphatic carbocycles. The van der Waals surface area contributed by atoms with E-state index >= 15 is 0 Å². The molecule has 0 aliphatic heterocycles. The van der Waals surface area contributed by atoms with Crippen LogP contribution in [0.15, 0.2) is 47.8 Å². The maximum absolute atomic E-state index is 13.6. The van der Waals surface area contributed by atoms with Crippen molar-refractivity contribution in [2.75, 3.05) is 16.0 Å². The lowest BCUT2D eigenvalue weighted by molar-refractivity contribution is 0.102. The van der Waals surface area contributed by atoms with Gasteiger partial charge in [-0.05, 0) is 43.7 Å². The van der Waals surface area contributed by atoms with E-state index in [0.717, 1.165) is 16.9 Å². The van der Waals surface area contributed by atoms with Gasteiger partial charge in [0.2, 0.25) is 0 Å². The van der Waals surface area contributed by atoms with Crippen LogP contribution in [0.25, 0.3) is 0 Å². The number of aromatic nitrogens is 1. The minimum atomic E-state index is -0.485. The molecule has 0 saturated carbocycles. The fraction of sp³-hybridized carbons (Fsp3) is 0.105. The van der Waals surface area contributed by atoms with Crippen molar-refractivity contribution in [3.63, 3.8) is 0 Å². The van der Waals surface area contributed by atoms with Gasteiger partial charge in [0.15, 0.2) is 5.13 Å². The van der Waals surface area contributed by atoms with Crippen LogP contribution >= 0.6 is 11.3 Å². The number of halogens is 1. The van der Waals surface area contributed by atoms with Crippen LogP contribution in [-0.4, -0.2) is 16.9 Å². The maximum Gasteiger partial charge on any atom is 0.325 e. The highest BCUT2D eigenvalue weighted by molar-refractivity contribution is 7.14. The topological polar surface area (TPSA) is 83.1 Å². The van der Waals surface area contributed by atoms with Gasteiger partial charge in [0.05, 0.1) is 0 Å². The average molecular weight is 384 g/mol. The van der Waals surface area contributed by atoms with Crippen molar-refractivity contribution in [3.05, 3.63) is 70.5 Å². The number of nitrogens with one attached hydrogen (secondary N) is 3. The van der Waals surface area contributed by atoms with Crippen molar-refractivity contribution in [2.24, 2.45) is 0 Å². The summed E-state index contributed by atoms with van der Waals surface area (Å²) in [5, 5.41) is 9.63. The summed E-state index contributed by atoms with van der Waals surface area (Å²) in [7, 11) is 0. The number of thiazole rings is 1. The van der Waals surface area contributed by atoms with E-state index < -0.39 is 17.8 Å². The molecule has 6 nitrogen and oxygen atoms in total. The number of anilines is 3. The molecule has 2 aromatic carbocycles. The summed E-state index contributed by atoms with van der Waals surface area (Å²) in [6.07, 6.45) is 0. The van der Waals surface area contributed by atoms with Crippen molar-refractivity contribution in [2.45, 2.75) is 13.8 Å². The Morgan fingerprint density at radius 1 is 0.963 bits per heavy atom. The second kappa shape index (κ2) is 7.96. The molecule has 1 aromatic heterocycles. The van der Waals surface area contributed by atoms with Gasteiger partial charge in [-0.3, -0.25) is 10.1 Å². The van der Waals surface area contributed by atoms with E-state index in [1.165, 1.54) is 11.4 Å². The Bertz CT molecular complexity index is 986. The number of nitrogens with zero attached hydrogens (tertiary/aromatic N) is 1. The SMILES string of the molecule is Cc1ccc(NC(=O)Nc2nc(C(=O)Nc3ccc(C)c(F)c3)cs2)cc1. The number of hydrogen-bond acceptors (Lipinski definition) is 4. The van der Waals surface area contributed by atoms with Crippen LogP contribution in [0.1, 0.15) is 21.6 Å². The van der Waals surface area contributed by atoms with Gasteiger partial charge in [0, 0.05) is 16.8 Å². The second-order valence-electron chi connectivity index (χ2n) is 5.90. The third kappa shape index (κ3) is 4.89.